The highest BCUT2D eigenvalue weighted by Crippen LogP contribution is 2.34. The zero-order valence-electron chi connectivity index (χ0n) is 11.0. The summed E-state index contributed by atoms with van der Waals surface area (Å²) in [4.78, 5) is 15.3. The van der Waals surface area contributed by atoms with Crippen molar-refractivity contribution < 1.29 is 9.90 Å². The lowest BCUT2D eigenvalue weighted by molar-refractivity contribution is -0.138. The van der Waals surface area contributed by atoms with Gasteiger partial charge in [-0.15, -0.1) is 11.3 Å². The summed E-state index contributed by atoms with van der Waals surface area (Å²) in [5, 5.41) is 11.7. The molecule has 2 atom stereocenters. The van der Waals surface area contributed by atoms with Gasteiger partial charge < -0.3 is 10.8 Å². The molecule has 104 valence electrons. The molecule has 0 saturated carbocycles. The molecular weight excluding hydrogens is 272 g/mol. The van der Waals surface area contributed by atoms with Crippen LogP contribution in [0.5, 0.6) is 0 Å². The van der Waals surface area contributed by atoms with E-state index in [1.807, 2.05) is 0 Å². The van der Waals surface area contributed by atoms with Crippen molar-refractivity contribution in [1.82, 2.24) is 4.98 Å². The number of carboxylic acids is 1. The molecule has 1 aromatic heterocycles. The Morgan fingerprint density at radius 2 is 2.15 bits per heavy atom. The Morgan fingerprint density at radius 1 is 1.40 bits per heavy atom. The van der Waals surface area contributed by atoms with E-state index in [1.54, 1.807) is 5.38 Å². The van der Waals surface area contributed by atoms with E-state index >= 15 is 0 Å². The Bertz CT molecular complexity index is 638. The van der Waals surface area contributed by atoms with Gasteiger partial charge in [-0.05, 0) is 30.4 Å². The van der Waals surface area contributed by atoms with Crippen LogP contribution in [0, 0.1) is 0 Å². The monoisotopic (exact) mass is 288 g/mol. The molecule has 2 unspecified atom stereocenters. The fraction of sp³-hybridized carbons (Fsp3) is 0.333. The summed E-state index contributed by atoms with van der Waals surface area (Å²) in [6.45, 7) is 0. The van der Waals surface area contributed by atoms with E-state index in [0.29, 0.717) is 11.6 Å². The number of aliphatic carboxylic acids is 1. The van der Waals surface area contributed by atoms with E-state index in [0.717, 1.165) is 24.3 Å². The van der Waals surface area contributed by atoms with E-state index in [-0.39, 0.29) is 0 Å². The molecule has 0 amide bonds. The number of benzene rings is 1. The molecule has 0 fully saturated rings. The third-order valence-corrected chi connectivity index (χ3v) is 4.85. The van der Waals surface area contributed by atoms with Gasteiger partial charge in [0.25, 0.3) is 0 Å². The van der Waals surface area contributed by atoms with Crippen LogP contribution in [0.3, 0.4) is 0 Å². The van der Waals surface area contributed by atoms with E-state index in [4.69, 9.17) is 10.8 Å². The number of carboxylic acid groups (broad SMARTS) is 1. The lowest BCUT2D eigenvalue weighted by atomic mass is 9.84. The van der Waals surface area contributed by atoms with E-state index in [9.17, 15) is 4.79 Å². The first-order valence-corrected chi connectivity index (χ1v) is 7.53. The highest BCUT2D eigenvalue weighted by molar-refractivity contribution is 7.09. The maximum Gasteiger partial charge on any atom is 0.326 e. The summed E-state index contributed by atoms with van der Waals surface area (Å²) in [5.74, 6) is -0.652. The second-order valence-corrected chi connectivity index (χ2v) is 6.02. The summed E-state index contributed by atoms with van der Waals surface area (Å²) < 4.78 is 0. The third kappa shape index (κ3) is 2.46. The minimum atomic E-state index is -1.03. The van der Waals surface area contributed by atoms with Crippen LogP contribution in [-0.2, 0) is 17.6 Å². The lowest BCUT2D eigenvalue weighted by Gasteiger charge is -2.22. The molecule has 3 rings (SSSR count). The Morgan fingerprint density at radius 3 is 2.90 bits per heavy atom. The normalized spacial score (nSPS) is 19.4. The molecule has 4 nitrogen and oxygen atoms in total. The number of hydrogen-bond donors (Lipinski definition) is 2. The van der Waals surface area contributed by atoms with Gasteiger partial charge in [0, 0.05) is 11.3 Å². The number of nitrogens with zero attached hydrogens (tertiary/aromatic N) is 1. The first-order chi connectivity index (χ1) is 9.65. The van der Waals surface area contributed by atoms with Crippen LogP contribution in [0.25, 0.3) is 0 Å². The second kappa shape index (κ2) is 5.34. The van der Waals surface area contributed by atoms with Crippen LogP contribution in [0.1, 0.15) is 40.2 Å². The van der Waals surface area contributed by atoms with Crippen molar-refractivity contribution >= 4 is 17.3 Å². The summed E-state index contributed by atoms with van der Waals surface area (Å²) in [6.07, 6.45) is 3.10. The molecule has 3 N–H and O–H groups in total. The molecule has 0 bridgehead atoms. The fourth-order valence-corrected chi connectivity index (χ4v) is 3.66. The first-order valence-electron chi connectivity index (χ1n) is 6.65. The molecule has 1 aliphatic rings. The van der Waals surface area contributed by atoms with Gasteiger partial charge in [0.2, 0.25) is 0 Å². The maximum absolute atomic E-state index is 10.9. The molecule has 1 aliphatic carbocycles. The first kappa shape index (κ1) is 13.3. The Labute approximate surface area is 121 Å². The zero-order chi connectivity index (χ0) is 14.1. The summed E-state index contributed by atoms with van der Waals surface area (Å²) in [6, 6.07) is 7.47. The maximum atomic E-state index is 10.9. The molecule has 2 aromatic rings. The third-order valence-electron chi connectivity index (χ3n) is 3.82. The average molecular weight is 288 g/mol. The Hall–Kier alpha value is -1.72. The topological polar surface area (TPSA) is 76.2 Å². The standard InChI is InChI=1S/C15H16N2O2S/c16-13(15(18)19)12-8-20-14(17-12)11-6-5-9-3-1-2-4-10(9)7-11/h1-4,8,11,13H,5-7,16H2,(H,18,19). The van der Waals surface area contributed by atoms with Gasteiger partial charge in [-0.25, -0.2) is 4.98 Å². The van der Waals surface area contributed by atoms with Crippen molar-refractivity contribution in [2.24, 2.45) is 5.73 Å². The van der Waals surface area contributed by atoms with Crippen LogP contribution in [0.4, 0.5) is 0 Å². The van der Waals surface area contributed by atoms with Gasteiger partial charge >= 0.3 is 5.97 Å². The SMILES string of the molecule is NC(C(=O)O)c1csc(C2CCc3ccccc3C2)n1. The largest absolute Gasteiger partial charge is 0.480 e. The molecule has 5 heteroatoms. The van der Waals surface area contributed by atoms with E-state index in [1.165, 1.54) is 22.5 Å². The van der Waals surface area contributed by atoms with Gasteiger partial charge in [-0.2, -0.15) is 0 Å². The summed E-state index contributed by atoms with van der Waals surface area (Å²) >= 11 is 1.52. The molecule has 20 heavy (non-hydrogen) atoms. The number of fused-ring (bicyclic) bond motifs is 1. The predicted molar refractivity (Wildman–Crippen MR) is 77.9 cm³/mol. The molecule has 0 spiro atoms. The smallest absolute Gasteiger partial charge is 0.326 e. The van der Waals surface area contributed by atoms with Gasteiger partial charge in [0.15, 0.2) is 0 Å². The minimum absolute atomic E-state index is 0.379. The van der Waals surface area contributed by atoms with Crippen molar-refractivity contribution in [3.8, 4) is 0 Å². The van der Waals surface area contributed by atoms with Crippen molar-refractivity contribution in [3.05, 3.63) is 51.5 Å². The molecular formula is C15H16N2O2S. The molecule has 0 radical (unpaired) electrons. The molecule has 1 aromatic carbocycles. The number of rotatable bonds is 3. The van der Waals surface area contributed by atoms with Crippen molar-refractivity contribution in [2.45, 2.75) is 31.2 Å². The quantitative estimate of drug-likeness (QED) is 0.909. The highest BCUT2D eigenvalue weighted by atomic mass is 32.1. The van der Waals surface area contributed by atoms with E-state index < -0.39 is 12.0 Å². The van der Waals surface area contributed by atoms with Gasteiger partial charge in [0.1, 0.15) is 6.04 Å². The fourth-order valence-electron chi connectivity index (χ4n) is 2.67. The van der Waals surface area contributed by atoms with Crippen LogP contribution in [0.2, 0.25) is 0 Å². The van der Waals surface area contributed by atoms with Crippen molar-refractivity contribution in [3.63, 3.8) is 0 Å². The van der Waals surface area contributed by atoms with Crippen molar-refractivity contribution in [2.75, 3.05) is 0 Å². The Balaban J connectivity index is 1.80. The highest BCUT2D eigenvalue weighted by Gasteiger charge is 2.24. The number of aryl methyl sites for hydroxylation is 1. The van der Waals surface area contributed by atoms with Gasteiger partial charge in [0.05, 0.1) is 10.7 Å². The predicted octanol–water partition coefficient (Wildman–Crippen LogP) is 2.50. The number of aromatic nitrogens is 1. The van der Waals surface area contributed by atoms with E-state index in [2.05, 4.69) is 29.2 Å². The van der Waals surface area contributed by atoms with Crippen LogP contribution in [0.15, 0.2) is 29.6 Å². The van der Waals surface area contributed by atoms with Crippen LogP contribution in [-0.4, -0.2) is 16.1 Å². The number of thiazole rings is 1. The van der Waals surface area contributed by atoms with Crippen LogP contribution < -0.4 is 5.73 Å². The van der Waals surface area contributed by atoms with Crippen LogP contribution >= 0.6 is 11.3 Å². The lowest BCUT2D eigenvalue weighted by Crippen LogP contribution is -2.21. The van der Waals surface area contributed by atoms with Crippen molar-refractivity contribution in [1.29, 1.82) is 0 Å². The molecule has 0 saturated heterocycles. The minimum Gasteiger partial charge on any atom is -0.480 e. The number of nitrogens with two attached hydrogens (primary N) is 1. The van der Waals surface area contributed by atoms with Gasteiger partial charge in [-0.1, -0.05) is 24.3 Å². The second-order valence-electron chi connectivity index (χ2n) is 5.13. The van der Waals surface area contributed by atoms with Gasteiger partial charge in [-0.3, -0.25) is 4.79 Å². The summed E-state index contributed by atoms with van der Waals surface area (Å²) in [7, 11) is 0. The molecule has 1 heterocycles. The number of hydrogen-bond acceptors (Lipinski definition) is 4. The Kier molecular flexibility index (Phi) is 3.54. The average Bonchev–Trinajstić information content (AvgIpc) is 2.95. The zero-order valence-corrected chi connectivity index (χ0v) is 11.8. The molecule has 0 aliphatic heterocycles. The summed E-state index contributed by atoms with van der Waals surface area (Å²) in [5.41, 5.74) is 8.87. The number of carbonyl (C=O) groups is 1.